The summed E-state index contributed by atoms with van der Waals surface area (Å²) in [4.78, 5) is 2.70. The van der Waals surface area contributed by atoms with Crippen LogP contribution in [0.15, 0.2) is 17.3 Å². The lowest BCUT2D eigenvalue weighted by Gasteiger charge is -2.34. The maximum Gasteiger partial charge on any atom is 0.169 e. The summed E-state index contributed by atoms with van der Waals surface area (Å²) >= 11 is 0. The molecule has 2 bridgehead atoms. The van der Waals surface area contributed by atoms with Crippen LogP contribution in [0.1, 0.15) is 6.92 Å². The van der Waals surface area contributed by atoms with Gasteiger partial charge in [0.1, 0.15) is 6.04 Å². The highest BCUT2D eigenvalue weighted by Gasteiger charge is 2.48. The maximum absolute atomic E-state index is 10.00. The third-order valence-electron chi connectivity index (χ3n) is 2.79. The molecule has 5 atom stereocenters. The Hall–Kier alpha value is -1.07. The lowest BCUT2D eigenvalue weighted by atomic mass is 9.89. The van der Waals surface area contributed by atoms with E-state index in [0.29, 0.717) is 6.61 Å². The summed E-state index contributed by atoms with van der Waals surface area (Å²) in [5.41, 5.74) is 8.40. The van der Waals surface area contributed by atoms with Crippen LogP contribution in [0.25, 0.3) is 10.4 Å². The number of hydrogen-bond acceptors (Lipinski definition) is 4. The summed E-state index contributed by atoms with van der Waals surface area (Å²) in [6.07, 6.45) is 2.25. The van der Waals surface area contributed by atoms with Crippen molar-refractivity contribution >= 4 is 0 Å². The molecule has 0 aromatic carbocycles. The molecule has 6 nitrogen and oxygen atoms in total. The van der Waals surface area contributed by atoms with Crippen molar-refractivity contribution in [1.29, 1.82) is 0 Å². The summed E-state index contributed by atoms with van der Waals surface area (Å²) in [6, 6.07) is -0.657. The van der Waals surface area contributed by atoms with Crippen molar-refractivity contribution in [3.63, 3.8) is 0 Å². The molecule has 0 radical (unpaired) electrons. The van der Waals surface area contributed by atoms with Crippen molar-refractivity contribution < 1.29 is 14.6 Å². The first-order chi connectivity index (χ1) is 7.27. The SMILES string of the molecule is C/C=C/[C@H]1C2CO[C@@H](O2)C(N=[N+]=[N-])[C@H]1O. The molecule has 82 valence electrons. The Balaban J connectivity index is 2.23. The molecule has 2 fully saturated rings. The Kier molecular flexibility index (Phi) is 2.93. The molecule has 0 aromatic heterocycles. The normalized spacial score (nSPS) is 44.3. The first-order valence-electron chi connectivity index (χ1n) is 4.90. The number of aliphatic hydroxyl groups is 1. The second-order valence-corrected chi connectivity index (χ2v) is 3.67. The van der Waals surface area contributed by atoms with Gasteiger partial charge in [-0.3, -0.25) is 0 Å². The maximum atomic E-state index is 10.00. The van der Waals surface area contributed by atoms with Gasteiger partial charge in [0.05, 0.1) is 18.8 Å². The molecule has 0 spiro atoms. The van der Waals surface area contributed by atoms with Crippen LogP contribution >= 0.6 is 0 Å². The van der Waals surface area contributed by atoms with Crippen LogP contribution in [0.2, 0.25) is 0 Å². The van der Waals surface area contributed by atoms with Gasteiger partial charge in [-0.1, -0.05) is 17.3 Å². The van der Waals surface area contributed by atoms with Crippen LogP contribution in [-0.4, -0.2) is 36.3 Å². The fourth-order valence-electron chi connectivity index (χ4n) is 2.07. The van der Waals surface area contributed by atoms with Gasteiger partial charge in [0.2, 0.25) is 0 Å². The average Bonchev–Trinajstić information content (AvgIpc) is 2.65. The van der Waals surface area contributed by atoms with Gasteiger partial charge in [0.15, 0.2) is 6.29 Å². The van der Waals surface area contributed by atoms with E-state index in [2.05, 4.69) is 10.0 Å². The number of nitrogens with zero attached hydrogens (tertiary/aromatic N) is 3. The third kappa shape index (κ3) is 1.72. The van der Waals surface area contributed by atoms with Gasteiger partial charge in [0, 0.05) is 10.8 Å². The van der Waals surface area contributed by atoms with Crippen LogP contribution in [0.5, 0.6) is 0 Å². The fraction of sp³-hybridized carbons (Fsp3) is 0.778. The van der Waals surface area contributed by atoms with E-state index in [1.165, 1.54) is 0 Å². The van der Waals surface area contributed by atoms with Gasteiger partial charge < -0.3 is 14.6 Å². The minimum Gasteiger partial charge on any atom is -0.392 e. The Morgan fingerprint density at radius 1 is 1.60 bits per heavy atom. The second-order valence-electron chi connectivity index (χ2n) is 3.67. The predicted octanol–water partition coefficient (Wildman–Crippen LogP) is 0.974. The van der Waals surface area contributed by atoms with Gasteiger partial charge in [-0.2, -0.15) is 0 Å². The molecule has 2 rings (SSSR count). The summed E-state index contributed by atoms with van der Waals surface area (Å²) in [6.45, 7) is 2.31. The number of hydrogen-bond donors (Lipinski definition) is 1. The molecule has 2 saturated heterocycles. The molecule has 2 heterocycles. The standard InChI is InChI=1S/C9H13N3O3/c1-2-3-5-6-4-14-9(15-6)7(8(5)13)11-12-10/h2-3,5-9,13H,4H2,1H3/b3-2+/t5-,6?,7?,8-,9-/m0/s1. The third-order valence-corrected chi connectivity index (χ3v) is 2.79. The van der Waals surface area contributed by atoms with Gasteiger partial charge in [-0.15, -0.1) is 0 Å². The number of azide groups is 1. The molecule has 15 heavy (non-hydrogen) atoms. The molecule has 2 aliphatic heterocycles. The highest BCUT2D eigenvalue weighted by Crippen LogP contribution is 2.34. The first kappa shape index (κ1) is 10.4. The van der Waals surface area contributed by atoms with Crippen LogP contribution in [-0.2, 0) is 9.47 Å². The number of fused-ring (bicyclic) bond motifs is 2. The number of aliphatic hydroxyl groups excluding tert-OH is 1. The van der Waals surface area contributed by atoms with Gasteiger partial charge in [-0.05, 0) is 12.5 Å². The summed E-state index contributed by atoms with van der Waals surface area (Å²) in [5, 5.41) is 13.5. The van der Waals surface area contributed by atoms with Gasteiger partial charge in [-0.25, -0.2) is 0 Å². The molecule has 0 aromatic rings. The largest absolute Gasteiger partial charge is 0.392 e. The van der Waals surface area contributed by atoms with Crippen molar-refractivity contribution in [3.8, 4) is 0 Å². The number of ether oxygens (including phenoxy) is 2. The van der Waals surface area contributed by atoms with E-state index in [9.17, 15) is 5.11 Å². The van der Waals surface area contributed by atoms with Crippen LogP contribution in [0.4, 0.5) is 0 Å². The Labute approximate surface area is 87.1 Å². The van der Waals surface area contributed by atoms with Gasteiger partial charge in [0.25, 0.3) is 0 Å². The smallest absolute Gasteiger partial charge is 0.169 e. The monoisotopic (exact) mass is 211 g/mol. The highest BCUT2D eigenvalue weighted by molar-refractivity contribution is 5.04. The molecular formula is C9H13N3O3. The van der Waals surface area contributed by atoms with E-state index in [4.69, 9.17) is 15.0 Å². The lowest BCUT2D eigenvalue weighted by molar-refractivity contribution is -0.146. The lowest BCUT2D eigenvalue weighted by Crippen LogP contribution is -2.48. The molecule has 0 amide bonds. The van der Waals surface area contributed by atoms with E-state index < -0.39 is 18.4 Å². The minimum absolute atomic E-state index is 0.133. The van der Waals surface area contributed by atoms with E-state index in [1.807, 2.05) is 19.1 Å². The topological polar surface area (TPSA) is 87.5 Å². The fourth-order valence-corrected chi connectivity index (χ4v) is 2.07. The van der Waals surface area contributed by atoms with Crippen molar-refractivity contribution in [1.82, 2.24) is 0 Å². The first-order valence-corrected chi connectivity index (χ1v) is 4.90. The molecular weight excluding hydrogens is 198 g/mol. The van der Waals surface area contributed by atoms with Crippen molar-refractivity contribution in [2.24, 2.45) is 11.0 Å². The average molecular weight is 211 g/mol. The predicted molar refractivity (Wildman–Crippen MR) is 51.9 cm³/mol. The van der Waals surface area contributed by atoms with E-state index in [1.54, 1.807) is 0 Å². The zero-order valence-electron chi connectivity index (χ0n) is 8.35. The molecule has 0 saturated carbocycles. The highest BCUT2D eigenvalue weighted by atomic mass is 16.7. The molecule has 2 unspecified atom stereocenters. The molecule has 0 aliphatic carbocycles. The van der Waals surface area contributed by atoms with E-state index in [0.717, 1.165) is 0 Å². The molecule has 1 N–H and O–H groups in total. The van der Waals surface area contributed by atoms with Gasteiger partial charge >= 0.3 is 0 Å². The van der Waals surface area contributed by atoms with Crippen LogP contribution < -0.4 is 0 Å². The number of allylic oxidation sites excluding steroid dienone is 1. The summed E-state index contributed by atoms with van der Waals surface area (Å²) in [7, 11) is 0. The second kappa shape index (κ2) is 4.20. The molecule has 2 aliphatic rings. The number of rotatable bonds is 2. The van der Waals surface area contributed by atoms with E-state index >= 15 is 0 Å². The Morgan fingerprint density at radius 3 is 3.07 bits per heavy atom. The quantitative estimate of drug-likeness (QED) is 0.319. The van der Waals surface area contributed by atoms with Crippen molar-refractivity contribution in [3.05, 3.63) is 22.6 Å². The van der Waals surface area contributed by atoms with Crippen molar-refractivity contribution in [2.45, 2.75) is 31.5 Å². The van der Waals surface area contributed by atoms with Crippen LogP contribution in [0.3, 0.4) is 0 Å². The van der Waals surface area contributed by atoms with Crippen molar-refractivity contribution in [2.75, 3.05) is 6.61 Å². The zero-order chi connectivity index (χ0) is 10.8. The Morgan fingerprint density at radius 2 is 2.40 bits per heavy atom. The van der Waals surface area contributed by atoms with E-state index in [-0.39, 0.29) is 12.0 Å². The summed E-state index contributed by atoms with van der Waals surface area (Å²) < 4.78 is 10.8. The molecule has 6 heteroatoms. The summed E-state index contributed by atoms with van der Waals surface area (Å²) in [5.74, 6) is -0.163. The Bertz CT molecular complexity index is 314. The van der Waals surface area contributed by atoms with Crippen LogP contribution in [0, 0.1) is 5.92 Å². The minimum atomic E-state index is -0.733. The zero-order valence-corrected chi connectivity index (χ0v) is 8.35.